The summed E-state index contributed by atoms with van der Waals surface area (Å²) in [5.74, 6) is -0.552. The van der Waals surface area contributed by atoms with Crippen LogP contribution in [0.25, 0.3) is 0 Å². The Hall–Kier alpha value is -3.68. The van der Waals surface area contributed by atoms with Gasteiger partial charge in [0.25, 0.3) is 17.7 Å². The summed E-state index contributed by atoms with van der Waals surface area (Å²) in [6, 6.07) is 11.4. The lowest BCUT2D eigenvalue weighted by molar-refractivity contribution is -0.120. The van der Waals surface area contributed by atoms with Gasteiger partial charge in [-0.3, -0.25) is 24.1 Å². The van der Waals surface area contributed by atoms with Crippen molar-refractivity contribution in [3.63, 3.8) is 0 Å². The molecular formula is C23H25N3O5. The van der Waals surface area contributed by atoms with Crippen molar-refractivity contribution in [1.29, 1.82) is 0 Å². The summed E-state index contributed by atoms with van der Waals surface area (Å²) in [6.45, 7) is 4.02. The number of nitrogens with one attached hydrogen (secondary N) is 2. The van der Waals surface area contributed by atoms with Crippen molar-refractivity contribution in [2.75, 3.05) is 20.2 Å². The summed E-state index contributed by atoms with van der Waals surface area (Å²) in [4.78, 5) is 50.4. The predicted molar refractivity (Wildman–Crippen MR) is 114 cm³/mol. The molecule has 8 heteroatoms. The summed E-state index contributed by atoms with van der Waals surface area (Å²) in [5.41, 5.74) is 1.69. The fourth-order valence-corrected chi connectivity index (χ4v) is 3.34. The number of carbonyl (C=O) groups excluding carboxylic acids is 4. The molecule has 0 aliphatic carbocycles. The molecule has 4 amide bonds. The van der Waals surface area contributed by atoms with Gasteiger partial charge in [-0.15, -0.1) is 0 Å². The smallest absolute Gasteiger partial charge is 0.261 e. The molecule has 2 aromatic rings. The fraction of sp³-hybridized carbons (Fsp3) is 0.304. The number of hydrogen-bond donors (Lipinski definition) is 2. The van der Waals surface area contributed by atoms with Crippen LogP contribution in [0.4, 0.5) is 0 Å². The molecule has 1 aliphatic rings. The van der Waals surface area contributed by atoms with Gasteiger partial charge in [0, 0.05) is 24.7 Å². The largest absolute Gasteiger partial charge is 0.497 e. The first-order valence-electron chi connectivity index (χ1n) is 10.0. The van der Waals surface area contributed by atoms with E-state index in [2.05, 4.69) is 10.6 Å². The van der Waals surface area contributed by atoms with E-state index in [0.29, 0.717) is 5.56 Å². The van der Waals surface area contributed by atoms with Gasteiger partial charge in [-0.1, -0.05) is 12.1 Å². The van der Waals surface area contributed by atoms with Gasteiger partial charge < -0.3 is 15.4 Å². The molecule has 0 saturated heterocycles. The molecule has 8 nitrogen and oxygen atoms in total. The van der Waals surface area contributed by atoms with E-state index in [1.807, 2.05) is 12.1 Å². The van der Waals surface area contributed by atoms with E-state index in [-0.39, 0.29) is 54.4 Å². The maximum absolute atomic E-state index is 12.5. The van der Waals surface area contributed by atoms with Gasteiger partial charge in [0.2, 0.25) is 5.91 Å². The third-order valence-corrected chi connectivity index (χ3v) is 4.95. The number of rotatable bonds is 8. The van der Waals surface area contributed by atoms with Gasteiger partial charge in [-0.25, -0.2) is 0 Å². The van der Waals surface area contributed by atoms with Crippen molar-refractivity contribution >= 4 is 23.6 Å². The molecule has 1 heterocycles. The van der Waals surface area contributed by atoms with Crippen LogP contribution >= 0.6 is 0 Å². The highest BCUT2D eigenvalue weighted by molar-refractivity contribution is 6.22. The first kappa shape index (κ1) is 22.0. The van der Waals surface area contributed by atoms with Crippen LogP contribution in [0.15, 0.2) is 42.5 Å². The maximum Gasteiger partial charge on any atom is 0.261 e. The average molecular weight is 423 g/mol. The molecule has 31 heavy (non-hydrogen) atoms. The van der Waals surface area contributed by atoms with E-state index in [9.17, 15) is 19.2 Å². The molecule has 162 valence electrons. The summed E-state index contributed by atoms with van der Waals surface area (Å²) < 4.78 is 5.09. The molecule has 0 unspecified atom stereocenters. The van der Waals surface area contributed by atoms with Crippen LogP contribution < -0.4 is 15.4 Å². The Kier molecular flexibility index (Phi) is 6.69. The Labute approximate surface area is 180 Å². The minimum atomic E-state index is -0.393. The van der Waals surface area contributed by atoms with Crippen molar-refractivity contribution < 1.29 is 23.9 Å². The normalized spacial score (nSPS) is 12.7. The van der Waals surface area contributed by atoms with Crippen molar-refractivity contribution in [3.05, 3.63) is 64.7 Å². The molecule has 0 aromatic heterocycles. The third-order valence-electron chi connectivity index (χ3n) is 4.95. The summed E-state index contributed by atoms with van der Waals surface area (Å²) in [5, 5.41) is 5.45. The average Bonchev–Trinajstić information content (AvgIpc) is 3.01. The Bertz CT molecular complexity index is 1010. The molecule has 0 spiro atoms. The second-order valence-electron chi connectivity index (χ2n) is 7.47. The van der Waals surface area contributed by atoms with Crippen molar-refractivity contribution in [2.24, 2.45) is 0 Å². The molecule has 2 aromatic carbocycles. The molecule has 0 fully saturated rings. The summed E-state index contributed by atoms with van der Waals surface area (Å²) in [7, 11) is 1.58. The van der Waals surface area contributed by atoms with Gasteiger partial charge in [-0.05, 0) is 49.7 Å². The number of benzene rings is 2. The third kappa shape index (κ3) is 4.91. The fourth-order valence-electron chi connectivity index (χ4n) is 3.34. The molecule has 0 saturated carbocycles. The zero-order chi connectivity index (χ0) is 22.5. The molecule has 0 bridgehead atoms. The zero-order valence-corrected chi connectivity index (χ0v) is 17.7. The minimum Gasteiger partial charge on any atom is -0.497 e. The quantitative estimate of drug-likeness (QED) is 0.498. The number of fused-ring (bicyclic) bond motifs is 1. The van der Waals surface area contributed by atoms with Gasteiger partial charge >= 0.3 is 0 Å². The van der Waals surface area contributed by atoms with E-state index in [4.69, 9.17) is 4.74 Å². The highest BCUT2D eigenvalue weighted by Crippen LogP contribution is 2.25. The van der Waals surface area contributed by atoms with Crippen LogP contribution in [0, 0.1) is 0 Å². The van der Waals surface area contributed by atoms with Crippen LogP contribution in [-0.4, -0.2) is 54.8 Å². The van der Waals surface area contributed by atoms with E-state index in [0.717, 1.165) is 11.3 Å². The topological polar surface area (TPSA) is 105 Å². The van der Waals surface area contributed by atoms with Crippen molar-refractivity contribution in [1.82, 2.24) is 15.5 Å². The second kappa shape index (κ2) is 9.42. The molecule has 2 N–H and O–H groups in total. The van der Waals surface area contributed by atoms with Gasteiger partial charge in [0.1, 0.15) is 5.75 Å². The number of hydrogen-bond acceptors (Lipinski definition) is 5. The van der Waals surface area contributed by atoms with Crippen LogP contribution in [0.3, 0.4) is 0 Å². The number of nitrogens with zero attached hydrogens (tertiary/aromatic N) is 1. The number of methoxy groups -OCH3 is 1. The number of imide groups is 1. The summed E-state index contributed by atoms with van der Waals surface area (Å²) >= 11 is 0. The van der Waals surface area contributed by atoms with E-state index in [1.165, 1.54) is 23.1 Å². The van der Waals surface area contributed by atoms with Crippen molar-refractivity contribution in [2.45, 2.75) is 26.3 Å². The first-order chi connectivity index (χ1) is 14.8. The molecule has 0 atom stereocenters. The van der Waals surface area contributed by atoms with E-state index in [1.54, 1.807) is 33.1 Å². The van der Waals surface area contributed by atoms with Gasteiger partial charge in [0.05, 0.1) is 24.7 Å². The molecular weight excluding hydrogens is 398 g/mol. The lowest BCUT2D eigenvalue weighted by atomic mass is 10.1. The Balaban J connectivity index is 1.49. The first-order valence-corrected chi connectivity index (χ1v) is 10.0. The predicted octanol–water partition coefficient (Wildman–Crippen LogP) is 1.79. The van der Waals surface area contributed by atoms with E-state index < -0.39 is 5.91 Å². The van der Waals surface area contributed by atoms with Crippen LogP contribution in [0.2, 0.25) is 0 Å². The van der Waals surface area contributed by atoms with Crippen LogP contribution in [0.5, 0.6) is 5.75 Å². The lowest BCUT2D eigenvalue weighted by Gasteiger charge is -2.17. The SMILES string of the molecule is COc1ccc(CC(=O)NCCNC(=O)c2ccc3c(c2)C(=O)N(C(C)C)C3=O)cc1. The molecule has 3 rings (SSSR count). The zero-order valence-electron chi connectivity index (χ0n) is 17.7. The van der Waals surface area contributed by atoms with Crippen LogP contribution in [-0.2, 0) is 11.2 Å². The highest BCUT2D eigenvalue weighted by atomic mass is 16.5. The maximum atomic E-state index is 12.5. The lowest BCUT2D eigenvalue weighted by Crippen LogP contribution is -2.36. The summed E-state index contributed by atoms with van der Waals surface area (Å²) in [6.07, 6.45) is 0.227. The van der Waals surface area contributed by atoms with Crippen molar-refractivity contribution in [3.8, 4) is 5.75 Å². The number of ether oxygens (including phenoxy) is 1. The standard InChI is InChI=1S/C23H25N3O5/c1-14(2)26-22(29)18-9-6-16(13-19(18)23(26)30)21(28)25-11-10-24-20(27)12-15-4-7-17(31-3)8-5-15/h4-9,13-14H,10-12H2,1-3H3,(H,24,27)(H,25,28). The minimum absolute atomic E-state index is 0.158. The Morgan fingerprint density at radius 1 is 0.935 bits per heavy atom. The highest BCUT2D eigenvalue weighted by Gasteiger charge is 2.37. The van der Waals surface area contributed by atoms with E-state index >= 15 is 0 Å². The number of carbonyl (C=O) groups is 4. The Morgan fingerprint density at radius 3 is 2.23 bits per heavy atom. The Morgan fingerprint density at radius 2 is 1.58 bits per heavy atom. The van der Waals surface area contributed by atoms with Crippen LogP contribution in [0.1, 0.15) is 50.5 Å². The second-order valence-corrected chi connectivity index (χ2v) is 7.47. The van der Waals surface area contributed by atoms with Gasteiger partial charge in [-0.2, -0.15) is 0 Å². The number of amides is 4. The van der Waals surface area contributed by atoms with Gasteiger partial charge in [0.15, 0.2) is 0 Å². The molecule has 0 radical (unpaired) electrons. The monoisotopic (exact) mass is 423 g/mol. The molecule has 1 aliphatic heterocycles.